The molecule has 1 aromatic heterocycles. The summed E-state index contributed by atoms with van der Waals surface area (Å²) in [6.07, 6.45) is 4.65. The second kappa shape index (κ2) is 7.30. The predicted molar refractivity (Wildman–Crippen MR) is 95.1 cm³/mol. The summed E-state index contributed by atoms with van der Waals surface area (Å²) in [6.45, 7) is 4.31. The summed E-state index contributed by atoms with van der Waals surface area (Å²) in [6, 6.07) is 8.10. The van der Waals surface area contributed by atoms with Crippen LogP contribution >= 0.6 is 12.2 Å². The second-order valence-electron chi connectivity index (χ2n) is 6.63. The maximum absolute atomic E-state index is 12.3. The SMILES string of the molecule is Cc1ccc(-c2nn(CC(=O)N[C@@H]3CCCC[C@H]3C)c(=S)o2)cc1. The molecule has 1 amide bonds. The van der Waals surface area contributed by atoms with Crippen LogP contribution in [0.4, 0.5) is 0 Å². The van der Waals surface area contributed by atoms with Gasteiger partial charge in [-0.1, -0.05) is 37.5 Å². The number of benzene rings is 1. The van der Waals surface area contributed by atoms with Crippen molar-refractivity contribution < 1.29 is 9.21 Å². The number of hydrogen-bond acceptors (Lipinski definition) is 4. The van der Waals surface area contributed by atoms with Gasteiger partial charge >= 0.3 is 0 Å². The van der Waals surface area contributed by atoms with Gasteiger partial charge in [-0.15, -0.1) is 5.10 Å². The molecule has 0 radical (unpaired) electrons. The van der Waals surface area contributed by atoms with Crippen molar-refractivity contribution in [2.45, 2.75) is 52.1 Å². The average Bonchev–Trinajstić information content (AvgIpc) is 2.91. The van der Waals surface area contributed by atoms with Gasteiger partial charge in [0, 0.05) is 11.6 Å². The number of nitrogens with zero attached hydrogens (tertiary/aromatic N) is 2. The van der Waals surface area contributed by atoms with Crippen molar-refractivity contribution in [2.24, 2.45) is 5.92 Å². The molecule has 1 saturated carbocycles. The standard InChI is InChI=1S/C18H23N3O2S/c1-12-7-9-14(10-8-12)17-20-21(18(24)23-17)11-16(22)19-15-6-4-3-5-13(15)2/h7-10,13,15H,3-6,11H2,1-2H3,(H,19,22)/t13-,15-/m1/s1. The highest BCUT2D eigenvalue weighted by atomic mass is 32.1. The van der Waals surface area contributed by atoms with E-state index in [4.69, 9.17) is 16.6 Å². The van der Waals surface area contributed by atoms with E-state index in [2.05, 4.69) is 17.3 Å². The van der Waals surface area contributed by atoms with Crippen molar-refractivity contribution in [3.63, 3.8) is 0 Å². The number of aryl methyl sites for hydroxylation is 1. The van der Waals surface area contributed by atoms with E-state index < -0.39 is 0 Å². The molecule has 0 saturated heterocycles. The van der Waals surface area contributed by atoms with E-state index in [9.17, 15) is 4.79 Å². The molecule has 1 N–H and O–H groups in total. The molecule has 0 unspecified atom stereocenters. The molecule has 6 heteroatoms. The summed E-state index contributed by atoms with van der Waals surface area (Å²) in [5.74, 6) is 0.906. The van der Waals surface area contributed by atoms with Gasteiger partial charge < -0.3 is 9.73 Å². The van der Waals surface area contributed by atoms with Crippen LogP contribution in [0.5, 0.6) is 0 Å². The molecule has 0 spiro atoms. The fraction of sp³-hybridized carbons (Fsp3) is 0.500. The van der Waals surface area contributed by atoms with Gasteiger partial charge in [-0.05, 0) is 50.0 Å². The third-order valence-electron chi connectivity index (χ3n) is 4.66. The first-order valence-electron chi connectivity index (χ1n) is 8.47. The molecule has 5 nitrogen and oxygen atoms in total. The summed E-state index contributed by atoms with van der Waals surface area (Å²) >= 11 is 5.20. The van der Waals surface area contributed by atoms with Crippen LogP contribution in [0.3, 0.4) is 0 Å². The van der Waals surface area contributed by atoms with Crippen molar-refractivity contribution >= 4 is 18.1 Å². The lowest BCUT2D eigenvalue weighted by molar-refractivity contribution is -0.123. The monoisotopic (exact) mass is 345 g/mol. The predicted octanol–water partition coefficient (Wildman–Crippen LogP) is 3.88. The van der Waals surface area contributed by atoms with Gasteiger partial charge in [-0.25, -0.2) is 4.68 Å². The molecule has 1 fully saturated rings. The zero-order valence-corrected chi connectivity index (χ0v) is 14.9. The number of carbonyl (C=O) groups is 1. The maximum atomic E-state index is 12.3. The largest absolute Gasteiger partial charge is 0.409 e. The van der Waals surface area contributed by atoms with E-state index in [0.717, 1.165) is 17.5 Å². The van der Waals surface area contributed by atoms with Gasteiger partial charge in [0.25, 0.3) is 4.84 Å². The molecule has 1 aliphatic rings. The van der Waals surface area contributed by atoms with E-state index in [1.54, 1.807) is 0 Å². The smallest absolute Gasteiger partial charge is 0.287 e. The summed E-state index contributed by atoms with van der Waals surface area (Å²) < 4.78 is 6.99. The van der Waals surface area contributed by atoms with Crippen LogP contribution in [0, 0.1) is 17.7 Å². The Balaban J connectivity index is 1.68. The molecule has 0 bridgehead atoms. The fourth-order valence-corrected chi connectivity index (χ4v) is 3.32. The third kappa shape index (κ3) is 3.93. The lowest BCUT2D eigenvalue weighted by Crippen LogP contribution is -2.42. The zero-order chi connectivity index (χ0) is 17.1. The van der Waals surface area contributed by atoms with E-state index in [-0.39, 0.29) is 23.3 Å². The molecule has 1 aliphatic carbocycles. The van der Waals surface area contributed by atoms with Gasteiger partial charge in [0.05, 0.1) is 0 Å². The molecule has 3 rings (SSSR count). The van der Waals surface area contributed by atoms with Crippen molar-refractivity contribution in [3.05, 3.63) is 34.7 Å². The summed E-state index contributed by atoms with van der Waals surface area (Å²) in [5, 5.41) is 7.46. The number of amides is 1. The van der Waals surface area contributed by atoms with E-state index in [1.807, 2.05) is 31.2 Å². The molecule has 24 heavy (non-hydrogen) atoms. The Morgan fingerprint density at radius 1 is 1.33 bits per heavy atom. The lowest BCUT2D eigenvalue weighted by atomic mass is 9.86. The number of aromatic nitrogens is 2. The first kappa shape index (κ1) is 16.9. The number of rotatable bonds is 4. The Bertz CT molecular complexity index is 763. The van der Waals surface area contributed by atoms with Crippen LogP contribution in [0.2, 0.25) is 0 Å². The summed E-state index contributed by atoms with van der Waals surface area (Å²) in [5.41, 5.74) is 2.02. The summed E-state index contributed by atoms with van der Waals surface area (Å²) in [4.78, 5) is 12.5. The van der Waals surface area contributed by atoms with Crippen molar-refractivity contribution in [3.8, 4) is 11.5 Å². The third-order valence-corrected chi connectivity index (χ3v) is 4.95. The Morgan fingerprint density at radius 2 is 2.04 bits per heavy atom. The maximum Gasteiger partial charge on any atom is 0.287 e. The Morgan fingerprint density at radius 3 is 2.75 bits per heavy atom. The number of nitrogens with one attached hydrogen (secondary N) is 1. The molecule has 0 aliphatic heterocycles. The van der Waals surface area contributed by atoms with Crippen molar-refractivity contribution in [2.75, 3.05) is 0 Å². The van der Waals surface area contributed by atoms with Gasteiger partial charge in [-0.2, -0.15) is 0 Å². The highest BCUT2D eigenvalue weighted by Gasteiger charge is 2.23. The first-order valence-corrected chi connectivity index (χ1v) is 8.88. The molecule has 1 heterocycles. The summed E-state index contributed by atoms with van der Waals surface area (Å²) in [7, 11) is 0. The second-order valence-corrected chi connectivity index (χ2v) is 6.98. The molecule has 2 aromatic rings. The van der Waals surface area contributed by atoms with Crippen LogP contribution in [-0.4, -0.2) is 21.7 Å². The van der Waals surface area contributed by atoms with E-state index in [1.165, 1.54) is 23.9 Å². The number of hydrogen-bond donors (Lipinski definition) is 1. The minimum atomic E-state index is -0.0615. The quantitative estimate of drug-likeness (QED) is 0.855. The molecule has 1 aromatic carbocycles. The van der Waals surface area contributed by atoms with Gasteiger partial charge in [0.1, 0.15) is 6.54 Å². The molecule has 128 valence electrons. The Labute approximate surface area is 147 Å². The van der Waals surface area contributed by atoms with Gasteiger partial charge in [0.15, 0.2) is 0 Å². The normalized spacial score (nSPS) is 20.8. The van der Waals surface area contributed by atoms with Crippen LogP contribution in [0.25, 0.3) is 11.5 Å². The topological polar surface area (TPSA) is 60.1 Å². The minimum absolute atomic E-state index is 0.0615. The van der Waals surface area contributed by atoms with Gasteiger partial charge in [0.2, 0.25) is 11.8 Å². The molecular formula is C18H23N3O2S. The fourth-order valence-electron chi connectivity index (χ4n) is 3.14. The number of carbonyl (C=O) groups excluding carboxylic acids is 1. The van der Waals surface area contributed by atoms with Crippen LogP contribution in [0.15, 0.2) is 28.7 Å². The highest BCUT2D eigenvalue weighted by molar-refractivity contribution is 7.71. The average molecular weight is 345 g/mol. The molecular weight excluding hydrogens is 322 g/mol. The highest BCUT2D eigenvalue weighted by Crippen LogP contribution is 2.23. The Kier molecular flexibility index (Phi) is 5.14. The van der Waals surface area contributed by atoms with Crippen LogP contribution in [-0.2, 0) is 11.3 Å². The van der Waals surface area contributed by atoms with Crippen molar-refractivity contribution in [1.29, 1.82) is 0 Å². The lowest BCUT2D eigenvalue weighted by Gasteiger charge is -2.29. The van der Waals surface area contributed by atoms with E-state index >= 15 is 0 Å². The van der Waals surface area contributed by atoms with Crippen LogP contribution < -0.4 is 5.32 Å². The van der Waals surface area contributed by atoms with E-state index in [0.29, 0.717) is 11.8 Å². The Hall–Kier alpha value is -1.95. The van der Waals surface area contributed by atoms with Crippen LogP contribution in [0.1, 0.15) is 38.2 Å². The van der Waals surface area contributed by atoms with Crippen molar-refractivity contribution in [1.82, 2.24) is 15.1 Å². The minimum Gasteiger partial charge on any atom is -0.409 e. The first-order chi connectivity index (χ1) is 11.5. The zero-order valence-electron chi connectivity index (χ0n) is 14.1. The molecule has 2 atom stereocenters. The van der Waals surface area contributed by atoms with Gasteiger partial charge in [-0.3, -0.25) is 4.79 Å².